The highest BCUT2D eigenvalue weighted by molar-refractivity contribution is 6.59. The summed E-state index contributed by atoms with van der Waals surface area (Å²) in [7, 11) is -0.627. The first-order valence-corrected chi connectivity index (χ1v) is 14.4. The van der Waals surface area contributed by atoms with E-state index in [4.69, 9.17) is 18.6 Å². The van der Waals surface area contributed by atoms with Crippen LogP contribution in [0.25, 0.3) is 0 Å². The fraction of sp³-hybridized carbons (Fsp3) is 1.00. The molecular weight excluding hydrogens is 390 g/mol. The zero-order chi connectivity index (χ0) is 22.5. The third-order valence-corrected chi connectivity index (χ3v) is 12.0. The Bertz CT molecular complexity index is 530. The predicted octanol–water partition coefficient (Wildman–Crippen LogP) is 6.25. The first-order valence-electron chi connectivity index (χ1n) is 12.3. The van der Waals surface area contributed by atoms with Gasteiger partial charge in [-0.2, -0.15) is 0 Å². The van der Waals surface area contributed by atoms with Crippen LogP contribution in [0.5, 0.6) is 0 Å². The normalized spacial score (nSPS) is 34.7. The van der Waals surface area contributed by atoms with E-state index < -0.39 is 0 Å². The van der Waals surface area contributed by atoms with Gasteiger partial charge in [0.2, 0.25) is 0 Å². The van der Waals surface area contributed by atoms with Crippen LogP contribution in [0.4, 0.5) is 0 Å². The molecule has 3 aliphatic rings. The summed E-state index contributed by atoms with van der Waals surface area (Å²) in [6.07, 6.45) is 3.56. The molecule has 0 aromatic heterocycles. The lowest BCUT2D eigenvalue weighted by Crippen LogP contribution is -2.42. The molecule has 0 bridgehead atoms. The fourth-order valence-corrected chi connectivity index (χ4v) is 7.66. The Hall–Kier alpha value is 0.187. The van der Waals surface area contributed by atoms with Crippen molar-refractivity contribution in [2.75, 3.05) is 0 Å². The third-order valence-electron chi connectivity index (χ3n) is 8.94. The number of hydrogen-bond acceptors (Lipinski definition) is 4. The summed E-state index contributed by atoms with van der Waals surface area (Å²) in [6.45, 7) is 22.1. The average Bonchev–Trinajstić information content (AvgIpc) is 2.98. The Labute approximate surface area is 188 Å². The van der Waals surface area contributed by atoms with Gasteiger partial charge in [-0.15, -0.1) is 0 Å². The quantitative estimate of drug-likeness (QED) is 0.463. The van der Waals surface area contributed by atoms with Crippen molar-refractivity contribution in [1.29, 1.82) is 0 Å². The maximum atomic E-state index is 6.58. The number of hydrogen-bond donors (Lipinski definition) is 0. The minimum atomic E-state index is -0.381. The van der Waals surface area contributed by atoms with Gasteiger partial charge in [-0.05, 0) is 72.9 Å². The molecular formula is C23H45B2O4Si. The lowest BCUT2D eigenvalue weighted by molar-refractivity contribution is 0.00578. The van der Waals surface area contributed by atoms with Gasteiger partial charge in [0, 0.05) is 8.80 Å². The van der Waals surface area contributed by atoms with Gasteiger partial charge in [0.05, 0.1) is 22.4 Å². The van der Waals surface area contributed by atoms with Crippen LogP contribution >= 0.6 is 0 Å². The molecule has 1 saturated carbocycles. The summed E-state index contributed by atoms with van der Waals surface area (Å²) in [5.74, 6) is 1.38. The van der Waals surface area contributed by atoms with Crippen molar-refractivity contribution < 1.29 is 18.6 Å². The van der Waals surface area contributed by atoms with Crippen molar-refractivity contribution >= 4 is 23.0 Å². The molecule has 0 aromatic carbocycles. The molecule has 3 fully saturated rings. The molecule has 2 heterocycles. The van der Waals surface area contributed by atoms with Crippen LogP contribution in [0.3, 0.4) is 0 Å². The van der Waals surface area contributed by atoms with Crippen LogP contribution in [0, 0.1) is 5.92 Å². The fourth-order valence-electron chi connectivity index (χ4n) is 5.31. The molecule has 30 heavy (non-hydrogen) atoms. The Morgan fingerprint density at radius 1 is 0.667 bits per heavy atom. The second-order valence-corrected chi connectivity index (χ2v) is 15.2. The largest absolute Gasteiger partial charge is 0.461 e. The van der Waals surface area contributed by atoms with Crippen LogP contribution in [0.2, 0.25) is 29.8 Å². The second-order valence-electron chi connectivity index (χ2n) is 11.8. The molecule has 1 unspecified atom stereocenters. The van der Waals surface area contributed by atoms with E-state index >= 15 is 0 Å². The second kappa shape index (κ2) is 8.51. The Morgan fingerprint density at radius 3 is 1.30 bits per heavy atom. The topological polar surface area (TPSA) is 36.9 Å². The van der Waals surface area contributed by atoms with E-state index in [0.29, 0.717) is 17.6 Å². The summed E-state index contributed by atoms with van der Waals surface area (Å²) < 4.78 is 26.3. The van der Waals surface area contributed by atoms with Gasteiger partial charge in [0.1, 0.15) is 0 Å². The van der Waals surface area contributed by atoms with Gasteiger partial charge in [-0.25, -0.2) is 0 Å². The molecule has 1 radical (unpaired) electrons. The van der Waals surface area contributed by atoms with Gasteiger partial charge < -0.3 is 18.6 Å². The van der Waals surface area contributed by atoms with Crippen LogP contribution in [-0.2, 0) is 18.6 Å². The highest BCUT2D eigenvalue weighted by atomic mass is 28.3. The lowest BCUT2D eigenvalue weighted by Gasteiger charge is -2.41. The van der Waals surface area contributed by atoms with E-state index in [9.17, 15) is 0 Å². The molecule has 0 amide bonds. The van der Waals surface area contributed by atoms with Crippen LogP contribution in [0.15, 0.2) is 0 Å². The van der Waals surface area contributed by atoms with Gasteiger partial charge in [0.15, 0.2) is 0 Å². The monoisotopic (exact) mass is 435 g/mol. The first-order chi connectivity index (χ1) is 13.7. The van der Waals surface area contributed by atoms with E-state index in [-0.39, 0.29) is 45.4 Å². The molecule has 1 aliphatic carbocycles. The zero-order valence-corrected chi connectivity index (χ0v) is 22.3. The average molecular weight is 435 g/mol. The summed E-state index contributed by atoms with van der Waals surface area (Å²) in [5.41, 5.74) is -1.10. The van der Waals surface area contributed by atoms with E-state index in [1.54, 1.807) is 0 Å². The SMILES string of the molecule is CC[Si](CC)CC1[C@@H](B2OC(C)(C)C(C)(C)O2)CCC[C@H]1B1OC(C)(C)C(C)(C)O1. The molecule has 4 nitrogen and oxygen atoms in total. The van der Waals surface area contributed by atoms with Crippen LogP contribution in [0.1, 0.15) is 88.5 Å². The lowest BCUT2D eigenvalue weighted by atomic mass is 9.49. The summed E-state index contributed by atoms with van der Waals surface area (Å²) in [6, 6.07) is 3.95. The Kier molecular flexibility index (Phi) is 7.04. The minimum Gasteiger partial charge on any atom is -0.403 e. The minimum absolute atomic E-state index is 0.123. The van der Waals surface area contributed by atoms with Crippen molar-refractivity contribution in [1.82, 2.24) is 0 Å². The third kappa shape index (κ3) is 4.48. The van der Waals surface area contributed by atoms with E-state index in [0.717, 1.165) is 0 Å². The molecule has 7 heteroatoms. The Balaban J connectivity index is 1.87. The van der Waals surface area contributed by atoms with E-state index in [1.807, 2.05) is 0 Å². The van der Waals surface area contributed by atoms with Crippen molar-refractivity contribution in [3.63, 3.8) is 0 Å². The van der Waals surface area contributed by atoms with Crippen molar-refractivity contribution in [3.05, 3.63) is 0 Å². The van der Waals surface area contributed by atoms with Gasteiger partial charge >= 0.3 is 14.2 Å². The van der Waals surface area contributed by atoms with Crippen molar-refractivity contribution in [3.8, 4) is 0 Å². The highest BCUT2D eigenvalue weighted by Crippen LogP contribution is 2.55. The van der Waals surface area contributed by atoms with Gasteiger partial charge in [0.25, 0.3) is 0 Å². The summed E-state index contributed by atoms with van der Waals surface area (Å²) >= 11 is 0. The van der Waals surface area contributed by atoms with Crippen molar-refractivity contribution in [2.45, 2.75) is 141 Å². The van der Waals surface area contributed by atoms with E-state index in [1.165, 1.54) is 37.4 Å². The molecule has 2 saturated heterocycles. The van der Waals surface area contributed by atoms with Gasteiger partial charge in [-0.3, -0.25) is 0 Å². The van der Waals surface area contributed by atoms with Gasteiger partial charge in [-0.1, -0.05) is 51.2 Å². The van der Waals surface area contributed by atoms with E-state index in [2.05, 4.69) is 69.2 Å². The molecule has 0 spiro atoms. The maximum Gasteiger partial charge on any atom is 0.461 e. The standard InChI is InChI=1S/C23H45B2O4Si/c1-11-30(12-2)16-17-18(24-26-20(3,4)21(5,6)27-24)14-13-15-19(17)25-28-22(7,8)23(9,10)29-25/h17-19H,11-16H2,1-10H3/t17?,18-,19+. The zero-order valence-electron chi connectivity index (χ0n) is 21.3. The molecule has 3 atom stereocenters. The first kappa shape index (κ1) is 24.8. The van der Waals surface area contributed by atoms with Crippen LogP contribution < -0.4 is 0 Å². The number of rotatable bonds is 6. The van der Waals surface area contributed by atoms with Crippen LogP contribution in [-0.4, -0.2) is 45.4 Å². The highest BCUT2D eigenvalue weighted by Gasteiger charge is 2.60. The maximum absolute atomic E-state index is 6.58. The molecule has 171 valence electrons. The molecule has 0 N–H and O–H groups in total. The summed E-state index contributed by atoms with van der Waals surface area (Å²) in [5, 5.41) is 0. The predicted molar refractivity (Wildman–Crippen MR) is 129 cm³/mol. The van der Waals surface area contributed by atoms with Crippen molar-refractivity contribution in [2.24, 2.45) is 5.92 Å². The molecule has 3 rings (SSSR count). The molecule has 2 aliphatic heterocycles. The smallest absolute Gasteiger partial charge is 0.403 e. The Morgan fingerprint density at radius 2 is 1.00 bits per heavy atom. The molecule has 0 aromatic rings. The summed E-state index contributed by atoms with van der Waals surface area (Å²) in [4.78, 5) is 0.